The van der Waals surface area contributed by atoms with Crippen LogP contribution in [0.15, 0.2) is 0 Å². The maximum Gasteiger partial charge on any atom is 0.152 e. The maximum atomic E-state index is 11.1. The van der Waals surface area contributed by atoms with Crippen molar-refractivity contribution in [2.75, 3.05) is 6.26 Å². The van der Waals surface area contributed by atoms with Crippen LogP contribution in [0.25, 0.3) is 0 Å². The van der Waals surface area contributed by atoms with Crippen molar-refractivity contribution >= 4 is 11.1 Å². The summed E-state index contributed by atoms with van der Waals surface area (Å²) >= 11 is -1.12. The Morgan fingerprint density at radius 1 is 1.36 bits per heavy atom. The van der Waals surface area contributed by atoms with Crippen LogP contribution in [-0.2, 0) is 15.3 Å². The molecule has 1 unspecified atom stereocenters. The Labute approximate surface area is 90.1 Å². The first-order valence-corrected chi connectivity index (χ1v) is 6.99. The molecule has 4 atom stereocenters. The van der Waals surface area contributed by atoms with Crippen molar-refractivity contribution in [1.82, 2.24) is 0 Å². The monoisotopic (exact) mass is 218 g/mol. The largest absolute Gasteiger partial charge is 0.287 e. The summed E-state index contributed by atoms with van der Waals surface area (Å²) in [6, 6.07) is 0. The Morgan fingerprint density at radius 2 is 2.00 bits per heavy atom. The number of hydrogen-bond acceptors (Lipinski definition) is 2. The van der Waals surface area contributed by atoms with Crippen LogP contribution in [0.4, 0.5) is 0 Å². The van der Waals surface area contributed by atoms with Crippen LogP contribution in [0.1, 0.15) is 40.0 Å². The molecule has 3 heteroatoms. The highest BCUT2D eigenvalue weighted by Crippen LogP contribution is 2.35. The predicted octanol–water partition coefficient (Wildman–Crippen LogP) is 2.76. The minimum absolute atomic E-state index is 0.213. The first-order chi connectivity index (χ1) is 6.50. The molecule has 1 aliphatic carbocycles. The Balaban J connectivity index is 2.58. The van der Waals surface area contributed by atoms with Crippen molar-refractivity contribution in [2.24, 2.45) is 17.8 Å². The smallest absolute Gasteiger partial charge is 0.152 e. The quantitative estimate of drug-likeness (QED) is 0.728. The number of hydrogen-bond donors (Lipinski definition) is 0. The van der Waals surface area contributed by atoms with E-state index in [0.717, 1.165) is 12.3 Å². The van der Waals surface area contributed by atoms with E-state index in [1.807, 2.05) is 0 Å². The predicted molar refractivity (Wildman–Crippen MR) is 60.3 cm³/mol. The van der Waals surface area contributed by atoms with Gasteiger partial charge < -0.3 is 0 Å². The summed E-state index contributed by atoms with van der Waals surface area (Å²) in [5, 5.41) is 0. The van der Waals surface area contributed by atoms with Crippen LogP contribution in [0.5, 0.6) is 0 Å². The lowest BCUT2D eigenvalue weighted by Gasteiger charge is -2.36. The van der Waals surface area contributed by atoms with Gasteiger partial charge in [-0.25, -0.2) is 4.21 Å². The second kappa shape index (κ2) is 5.26. The van der Waals surface area contributed by atoms with E-state index in [2.05, 4.69) is 20.8 Å². The van der Waals surface area contributed by atoms with Gasteiger partial charge in [-0.2, -0.15) is 0 Å². The highest BCUT2D eigenvalue weighted by molar-refractivity contribution is 7.79. The molecule has 84 valence electrons. The Morgan fingerprint density at radius 3 is 2.50 bits per heavy atom. The summed E-state index contributed by atoms with van der Waals surface area (Å²) in [6.45, 7) is 6.72. The molecule has 0 aromatic rings. The lowest BCUT2D eigenvalue weighted by molar-refractivity contribution is 0.0573. The first-order valence-electron chi connectivity index (χ1n) is 5.51. The van der Waals surface area contributed by atoms with Crippen molar-refractivity contribution in [1.29, 1.82) is 0 Å². The summed E-state index contributed by atoms with van der Waals surface area (Å²) in [7, 11) is 0. The molecule has 0 saturated heterocycles. The molecule has 0 amide bonds. The summed E-state index contributed by atoms with van der Waals surface area (Å²) in [6.07, 6.45) is 5.42. The van der Waals surface area contributed by atoms with Crippen LogP contribution in [-0.4, -0.2) is 16.6 Å². The number of rotatable bonds is 3. The van der Waals surface area contributed by atoms with Crippen molar-refractivity contribution in [2.45, 2.75) is 46.1 Å². The van der Waals surface area contributed by atoms with E-state index in [1.54, 1.807) is 6.26 Å². The van der Waals surface area contributed by atoms with Gasteiger partial charge in [-0.15, -0.1) is 0 Å². The summed E-state index contributed by atoms with van der Waals surface area (Å²) in [4.78, 5) is 0. The molecule has 1 rings (SSSR count). The fourth-order valence-electron chi connectivity index (χ4n) is 2.40. The van der Waals surface area contributed by atoms with Crippen LogP contribution < -0.4 is 0 Å². The van der Waals surface area contributed by atoms with Gasteiger partial charge in [0.2, 0.25) is 0 Å². The molecular weight excluding hydrogens is 196 g/mol. The molecule has 14 heavy (non-hydrogen) atoms. The topological polar surface area (TPSA) is 26.3 Å². The van der Waals surface area contributed by atoms with Gasteiger partial charge in [0.1, 0.15) is 0 Å². The molecule has 0 radical (unpaired) electrons. The SMILES string of the molecule is CC(C)[C@@H]1CC[C@@H](C)C[C@H]1OS(C)=O. The summed E-state index contributed by atoms with van der Waals surface area (Å²) in [5.74, 6) is 1.95. The third-order valence-electron chi connectivity index (χ3n) is 3.22. The van der Waals surface area contributed by atoms with Crippen LogP contribution in [0.2, 0.25) is 0 Å². The van der Waals surface area contributed by atoms with Gasteiger partial charge in [0.25, 0.3) is 0 Å². The molecule has 0 spiro atoms. The molecule has 2 nitrogen and oxygen atoms in total. The Kier molecular flexibility index (Phi) is 4.58. The van der Waals surface area contributed by atoms with Crippen LogP contribution >= 0.6 is 0 Å². The average molecular weight is 218 g/mol. The zero-order valence-corrected chi connectivity index (χ0v) is 10.5. The van der Waals surface area contributed by atoms with E-state index in [-0.39, 0.29) is 6.10 Å². The van der Waals surface area contributed by atoms with Crippen molar-refractivity contribution in [3.05, 3.63) is 0 Å². The van der Waals surface area contributed by atoms with Gasteiger partial charge in [0.15, 0.2) is 11.1 Å². The van der Waals surface area contributed by atoms with Crippen molar-refractivity contribution in [3.8, 4) is 0 Å². The third-order valence-corrected chi connectivity index (χ3v) is 3.74. The lowest BCUT2D eigenvalue weighted by Crippen LogP contribution is -2.34. The fraction of sp³-hybridized carbons (Fsp3) is 1.00. The molecule has 1 aliphatic rings. The second-order valence-electron chi connectivity index (χ2n) is 4.86. The van der Waals surface area contributed by atoms with Gasteiger partial charge in [-0.1, -0.05) is 27.2 Å². The zero-order chi connectivity index (χ0) is 10.7. The average Bonchev–Trinajstić information content (AvgIpc) is 2.01. The summed E-state index contributed by atoms with van der Waals surface area (Å²) in [5.41, 5.74) is 0. The molecule has 0 aliphatic heterocycles. The molecule has 0 N–H and O–H groups in total. The highest BCUT2D eigenvalue weighted by Gasteiger charge is 2.32. The first kappa shape index (κ1) is 12.2. The van der Waals surface area contributed by atoms with Crippen LogP contribution in [0.3, 0.4) is 0 Å². The normalized spacial score (nSPS) is 35.9. The summed E-state index contributed by atoms with van der Waals surface area (Å²) < 4.78 is 16.6. The van der Waals surface area contributed by atoms with Gasteiger partial charge in [-0.05, 0) is 30.6 Å². The molecule has 1 saturated carbocycles. The molecule has 0 heterocycles. The Hall–Kier alpha value is 0.110. The maximum absolute atomic E-state index is 11.1. The van der Waals surface area contributed by atoms with Gasteiger partial charge >= 0.3 is 0 Å². The van der Waals surface area contributed by atoms with Gasteiger partial charge in [0, 0.05) is 6.26 Å². The minimum Gasteiger partial charge on any atom is -0.287 e. The molecule has 0 aromatic carbocycles. The van der Waals surface area contributed by atoms with E-state index in [4.69, 9.17) is 4.18 Å². The van der Waals surface area contributed by atoms with E-state index in [9.17, 15) is 4.21 Å². The van der Waals surface area contributed by atoms with E-state index in [1.165, 1.54) is 12.8 Å². The lowest BCUT2D eigenvalue weighted by atomic mass is 9.75. The minimum atomic E-state index is -1.12. The van der Waals surface area contributed by atoms with E-state index < -0.39 is 11.1 Å². The third kappa shape index (κ3) is 3.35. The second-order valence-corrected chi connectivity index (χ2v) is 5.86. The van der Waals surface area contributed by atoms with Gasteiger partial charge in [0.05, 0.1) is 6.10 Å². The van der Waals surface area contributed by atoms with E-state index in [0.29, 0.717) is 11.8 Å². The fourth-order valence-corrected chi connectivity index (χ4v) is 2.97. The zero-order valence-electron chi connectivity index (χ0n) is 9.66. The standard InChI is InChI=1S/C11H22O2S/c1-8(2)10-6-5-9(3)7-11(10)13-14(4)12/h8-11H,5-7H2,1-4H3/t9-,10+,11-,14?/m1/s1. The molecule has 0 bridgehead atoms. The molecular formula is C11H22O2S. The Bertz CT molecular complexity index is 203. The molecule has 0 aromatic heterocycles. The van der Waals surface area contributed by atoms with Gasteiger partial charge in [-0.3, -0.25) is 4.18 Å². The van der Waals surface area contributed by atoms with Crippen LogP contribution in [0, 0.1) is 17.8 Å². The van der Waals surface area contributed by atoms with E-state index >= 15 is 0 Å². The highest BCUT2D eigenvalue weighted by atomic mass is 32.2. The molecule has 1 fully saturated rings. The van der Waals surface area contributed by atoms with Crippen molar-refractivity contribution in [3.63, 3.8) is 0 Å². The van der Waals surface area contributed by atoms with Crippen molar-refractivity contribution < 1.29 is 8.39 Å².